The van der Waals surface area contributed by atoms with Gasteiger partial charge in [0.25, 0.3) is 0 Å². The van der Waals surface area contributed by atoms with Crippen LogP contribution in [0.3, 0.4) is 0 Å². The maximum absolute atomic E-state index is 11.5. The average Bonchev–Trinajstić information content (AvgIpc) is 2.98. The summed E-state index contributed by atoms with van der Waals surface area (Å²) in [6.07, 6.45) is 3.25. The molecular weight excluding hydrogens is 262 g/mol. The molecule has 3 fully saturated rings. The summed E-state index contributed by atoms with van der Waals surface area (Å²) >= 11 is 0. The van der Waals surface area contributed by atoms with Gasteiger partial charge in [-0.25, -0.2) is 8.42 Å². The molecule has 0 amide bonds. The molecule has 0 bridgehead atoms. The minimum absolute atomic E-state index is 0. The van der Waals surface area contributed by atoms with Gasteiger partial charge in [0.15, 0.2) is 9.84 Å². The van der Waals surface area contributed by atoms with Crippen LogP contribution >= 0.6 is 0 Å². The van der Waals surface area contributed by atoms with Crippen molar-refractivity contribution < 1.29 is 30.4 Å². The molecule has 0 aromatic rings. The van der Waals surface area contributed by atoms with Crippen LogP contribution in [0.25, 0.3) is 0 Å². The van der Waals surface area contributed by atoms with Gasteiger partial charge in [0, 0.05) is 12.3 Å². The monoisotopic (exact) mass is 281 g/mol. The van der Waals surface area contributed by atoms with Gasteiger partial charge in [0.05, 0.1) is 30.6 Å². The number of halogens is 1. The molecule has 2 heterocycles. The molecule has 1 saturated carbocycles. The highest BCUT2D eigenvalue weighted by Crippen LogP contribution is 2.44. The summed E-state index contributed by atoms with van der Waals surface area (Å²) < 4.78 is 23.9. The second-order valence-corrected chi connectivity index (χ2v) is 8.10. The molecule has 0 aromatic carbocycles. The van der Waals surface area contributed by atoms with Gasteiger partial charge in [-0.3, -0.25) is 0 Å². The second-order valence-electron chi connectivity index (χ2n) is 5.79. The molecule has 2 saturated heterocycles. The van der Waals surface area contributed by atoms with E-state index in [2.05, 4.69) is 0 Å². The highest BCUT2D eigenvalue weighted by molar-refractivity contribution is 7.91. The van der Waals surface area contributed by atoms with Crippen LogP contribution in [0.1, 0.15) is 19.3 Å². The molecule has 4 nitrogen and oxygen atoms in total. The Labute approximate surface area is 109 Å². The van der Waals surface area contributed by atoms with Gasteiger partial charge in [0.1, 0.15) is 12.6 Å². The molecule has 0 radical (unpaired) electrons. The summed E-state index contributed by atoms with van der Waals surface area (Å²) in [5, 5.41) is 9.86. The normalized spacial score (nSPS) is 38.9. The molecule has 1 aliphatic carbocycles. The van der Waals surface area contributed by atoms with Crippen molar-refractivity contribution in [2.45, 2.75) is 31.4 Å². The number of nitrogens with zero attached hydrogens (tertiary/aromatic N) is 1. The molecule has 1 spiro atoms. The largest absolute Gasteiger partial charge is 1.00 e. The Morgan fingerprint density at radius 2 is 1.71 bits per heavy atom. The predicted octanol–water partition coefficient (Wildman–Crippen LogP) is -3.22. The van der Waals surface area contributed by atoms with E-state index in [0.29, 0.717) is 17.5 Å². The van der Waals surface area contributed by atoms with Crippen LogP contribution in [-0.2, 0) is 9.84 Å². The minimum Gasteiger partial charge on any atom is -1.00 e. The summed E-state index contributed by atoms with van der Waals surface area (Å²) in [4.78, 5) is 0. The van der Waals surface area contributed by atoms with E-state index in [1.807, 2.05) is 0 Å². The highest BCUT2D eigenvalue weighted by Gasteiger charge is 2.54. The van der Waals surface area contributed by atoms with E-state index in [4.69, 9.17) is 0 Å². The number of quaternary nitrogens is 1. The smallest absolute Gasteiger partial charge is 0.161 e. The Bertz CT molecular complexity index is 380. The van der Waals surface area contributed by atoms with Crippen molar-refractivity contribution in [3.05, 3.63) is 0 Å². The molecular formula is C11H20ClNO3S. The molecule has 3 aliphatic rings. The number of aliphatic hydroxyl groups is 1. The molecule has 6 heteroatoms. The molecule has 2 atom stereocenters. The van der Waals surface area contributed by atoms with E-state index in [-0.39, 0.29) is 18.5 Å². The summed E-state index contributed by atoms with van der Waals surface area (Å²) in [6, 6.07) is 0.547. The maximum Gasteiger partial charge on any atom is 0.161 e. The summed E-state index contributed by atoms with van der Waals surface area (Å²) in [5.74, 6) is 1.41. The van der Waals surface area contributed by atoms with Crippen molar-refractivity contribution in [2.24, 2.45) is 5.92 Å². The van der Waals surface area contributed by atoms with Gasteiger partial charge >= 0.3 is 0 Å². The Morgan fingerprint density at radius 3 is 2.24 bits per heavy atom. The molecule has 100 valence electrons. The van der Waals surface area contributed by atoms with Gasteiger partial charge in [-0.05, 0) is 12.8 Å². The molecule has 3 rings (SSSR count). The van der Waals surface area contributed by atoms with E-state index < -0.39 is 9.84 Å². The van der Waals surface area contributed by atoms with Gasteiger partial charge < -0.3 is 22.0 Å². The van der Waals surface area contributed by atoms with Crippen molar-refractivity contribution in [1.82, 2.24) is 0 Å². The van der Waals surface area contributed by atoms with Crippen molar-refractivity contribution in [3.63, 3.8) is 0 Å². The second kappa shape index (κ2) is 4.37. The van der Waals surface area contributed by atoms with Gasteiger partial charge in [-0.2, -0.15) is 0 Å². The van der Waals surface area contributed by atoms with E-state index in [0.717, 1.165) is 36.5 Å². The molecule has 1 N–H and O–H groups in total. The first-order valence-electron chi connectivity index (χ1n) is 6.25. The Balaban J connectivity index is 0.00000108. The van der Waals surface area contributed by atoms with Crippen LogP contribution in [-0.4, -0.2) is 61.3 Å². The third kappa shape index (κ3) is 2.48. The predicted molar refractivity (Wildman–Crippen MR) is 60.7 cm³/mol. The SMILES string of the molecule is O=S1(=O)CC[N+]2(CC1)CC(O)CC2C1CC1.[Cl-]. The lowest BCUT2D eigenvalue weighted by molar-refractivity contribution is -0.939. The quantitative estimate of drug-likeness (QED) is 0.515. The fraction of sp³-hybridized carbons (Fsp3) is 1.00. The van der Waals surface area contributed by atoms with Crippen LogP contribution in [0.2, 0.25) is 0 Å². The minimum atomic E-state index is -2.79. The van der Waals surface area contributed by atoms with Crippen LogP contribution in [0.15, 0.2) is 0 Å². The van der Waals surface area contributed by atoms with Gasteiger partial charge in [0.2, 0.25) is 0 Å². The maximum atomic E-state index is 11.5. The van der Waals surface area contributed by atoms with E-state index in [1.54, 1.807) is 0 Å². The summed E-state index contributed by atoms with van der Waals surface area (Å²) in [6.45, 7) is 2.26. The standard InChI is InChI=1S/C11H20NO3S.ClH/c13-10-7-11(9-1-2-9)12(8-10)3-5-16(14,15)6-4-12;/h9-11,13H,1-8H2;1H/q+1;/p-1. The van der Waals surface area contributed by atoms with Crippen LogP contribution in [0, 0.1) is 5.92 Å². The zero-order valence-electron chi connectivity index (χ0n) is 9.89. The molecule has 2 unspecified atom stereocenters. The van der Waals surface area contributed by atoms with E-state index >= 15 is 0 Å². The zero-order chi connectivity index (χ0) is 11.4. The lowest BCUT2D eigenvalue weighted by Gasteiger charge is -2.42. The van der Waals surface area contributed by atoms with E-state index in [1.165, 1.54) is 12.8 Å². The first-order valence-corrected chi connectivity index (χ1v) is 8.07. The fourth-order valence-electron chi connectivity index (χ4n) is 3.62. The Hall–Kier alpha value is 0.160. The van der Waals surface area contributed by atoms with Crippen molar-refractivity contribution in [3.8, 4) is 0 Å². The Kier molecular flexibility index (Phi) is 3.49. The zero-order valence-corrected chi connectivity index (χ0v) is 11.5. The van der Waals surface area contributed by atoms with Crippen LogP contribution in [0.5, 0.6) is 0 Å². The lowest BCUT2D eigenvalue weighted by Crippen LogP contribution is -3.00. The third-order valence-corrected chi connectivity index (χ3v) is 6.26. The number of sulfone groups is 1. The van der Waals surface area contributed by atoms with Crippen LogP contribution < -0.4 is 12.4 Å². The topological polar surface area (TPSA) is 54.4 Å². The molecule has 2 aliphatic heterocycles. The number of rotatable bonds is 1. The van der Waals surface area contributed by atoms with Crippen molar-refractivity contribution >= 4 is 9.84 Å². The lowest BCUT2D eigenvalue weighted by atomic mass is 10.1. The summed E-state index contributed by atoms with van der Waals surface area (Å²) in [7, 11) is -2.79. The number of hydrogen-bond donors (Lipinski definition) is 1. The van der Waals surface area contributed by atoms with Gasteiger partial charge in [-0.15, -0.1) is 0 Å². The number of hydrogen-bond acceptors (Lipinski definition) is 3. The van der Waals surface area contributed by atoms with Crippen molar-refractivity contribution in [1.29, 1.82) is 0 Å². The molecule has 0 aromatic heterocycles. The first-order chi connectivity index (χ1) is 7.51. The van der Waals surface area contributed by atoms with E-state index in [9.17, 15) is 13.5 Å². The van der Waals surface area contributed by atoms with Crippen molar-refractivity contribution in [2.75, 3.05) is 31.1 Å². The third-order valence-electron chi connectivity index (χ3n) is 4.65. The highest BCUT2D eigenvalue weighted by atomic mass is 35.5. The van der Waals surface area contributed by atoms with Crippen LogP contribution in [0.4, 0.5) is 0 Å². The molecule has 17 heavy (non-hydrogen) atoms. The Morgan fingerprint density at radius 1 is 1.12 bits per heavy atom. The summed E-state index contributed by atoms with van der Waals surface area (Å²) in [5.41, 5.74) is 0. The van der Waals surface area contributed by atoms with Gasteiger partial charge in [-0.1, -0.05) is 0 Å². The fourth-order valence-corrected chi connectivity index (χ4v) is 5.11. The average molecular weight is 282 g/mol. The number of aliphatic hydroxyl groups excluding tert-OH is 1. The first kappa shape index (κ1) is 13.6.